The number of anilines is 1. The van der Waals surface area contributed by atoms with Crippen LogP contribution in [-0.4, -0.2) is 37.7 Å². The van der Waals surface area contributed by atoms with Crippen molar-refractivity contribution in [2.45, 2.75) is 6.92 Å². The second-order valence-electron chi connectivity index (χ2n) is 5.72. The van der Waals surface area contributed by atoms with Crippen LogP contribution in [0.2, 0.25) is 0 Å². The van der Waals surface area contributed by atoms with Gasteiger partial charge in [-0.3, -0.25) is 10.2 Å². The van der Waals surface area contributed by atoms with Gasteiger partial charge >= 0.3 is 0 Å². The number of amides is 1. The number of ether oxygens (including phenoxy) is 1. The summed E-state index contributed by atoms with van der Waals surface area (Å²) in [6.07, 6.45) is 5.11. The van der Waals surface area contributed by atoms with Crippen LogP contribution in [-0.2, 0) is 4.79 Å². The lowest BCUT2D eigenvalue weighted by molar-refractivity contribution is -0.113. The Balaban J connectivity index is 1.66. The van der Waals surface area contributed by atoms with Crippen molar-refractivity contribution in [1.29, 1.82) is 5.41 Å². The zero-order valence-corrected chi connectivity index (χ0v) is 15.5. The predicted octanol–water partition coefficient (Wildman–Crippen LogP) is 3.02. The molecule has 3 heterocycles. The molecule has 9 nitrogen and oxygen atoms in total. The number of hydrogen-bond donors (Lipinski definition) is 2. The lowest BCUT2D eigenvalue weighted by Gasteiger charge is -2.11. The highest BCUT2D eigenvalue weighted by Gasteiger charge is 2.37. The number of thioether (sulfide) groups is 1. The fraction of sp³-hybridized carbons (Fsp3) is 0.111. The molecule has 1 aliphatic rings. The Morgan fingerprint density at radius 3 is 2.79 bits per heavy atom. The number of aromatic hydroxyl groups is 1. The second-order valence-corrected chi connectivity index (χ2v) is 6.75. The Labute approximate surface area is 163 Å². The third kappa shape index (κ3) is 3.14. The SMILES string of the molecule is CCOc1cc(/C=C2\SC(=N)N(c3nonc3-n3cccc3)C2=O)ccc1O. The molecule has 1 aliphatic heterocycles. The van der Waals surface area contributed by atoms with Crippen LogP contribution in [0.25, 0.3) is 11.9 Å². The average molecular weight is 397 g/mol. The molecule has 10 heteroatoms. The van der Waals surface area contributed by atoms with E-state index < -0.39 is 5.91 Å². The van der Waals surface area contributed by atoms with Crippen LogP contribution in [0.4, 0.5) is 5.82 Å². The molecule has 1 saturated heterocycles. The van der Waals surface area contributed by atoms with Crippen LogP contribution >= 0.6 is 11.8 Å². The topological polar surface area (TPSA) is 117 Å². The average Bonchev–Trinajstić information content (AvgIpc) is 3.39. The van der Waals surface area contributed by atoms with Crippen molar-refractivity contribution >= 4 is 34.7 Å². The van der Waals surface area contributed by atoms with E-state index in [1.807, 2.05) is 6.92 Å². The van der Waals surface area contributed by atoms with Crippen LogP contribution in [0.15, 0.2) is 52.3 Å². The van der Waals surface area contributed by atoms with Gasteiger partial charge in [0.05, 0.1) is 11.5 Å². The van der Waals surface area contributed by atoms with E-state index in [-0.39, 0.29) is 16.7 Å². The van der Waals surface area contributed by atoms with Gasteiger partial charge in [-0.2, -0.15) is 0 Å². The van der Waals surface area contributed by atoms with Gasteiger partial charge in [-0.15, -0.1) is 0 Å². The molecular formula is C18H15N5O4S. The molecule has 0 unspecified atom stereocenters. The first-order valence-corrected chi connectivity index (χ1v) is 9.14. The maximum Gasteiger partial charge on any atom is 0.272 e. The van der Waals surface area contributed by atoms with Crippen molar-refractivity contribution in [1.82, 2.24) is 14.9 Å². The van der Waals surface area contributed by atoms with Gasteiger partial charge in [0.1, 0.15) is 0 Å². The van der Waals surface area contributed by atoms with Crippen molar-refractivity contribution in [3.63, 3.8) is 0 Å². The summed E-state index contributed by atoms with van der Waals surface area (Å²) >= 11 is 1.00. The summed E-state index contributed by atoms with van der Waals surface area (Å²) in [4.78, 5) is 14.4. The van der Waals surface area contributed by atoms with Crippen LogP contribution in [0, 0.1) is 5.41 Å². The van der Waals surface area contributed by atoms with Gasteiger partial charge in [-0.05, 0) is 64.9 Å². The molecule has 0 aliphatic carbocycles. The van der Waals surface area contributed by atoms with Crippen LogP contribution in [0.3, 0.4) is 0 Å². The maximum absolute atomic E-state index is 12.9. The first kappa shape index (κ1) is 17.9. The molecule has 1 aromatic carbocycles. The molecule has 0 bridgehead atoms. The number of amidine groups is 1. The van der Waals surface area contributed by atoms with Crippen LogP contribution in [0.5, 0.6) is 11.5 Å². The molecule has 0 atom stereocenters. The van der Waals surface area contributed by atoms with E-state index in [2.05, 4.69) is 10.3 Å². The number of rotatable bonds is 5. The molecule has 28 heavy (non-hydrogen) atoms. The summed E-state index contributed by atoms with van der Waals surface area (Å²) in [5, 5.41) is 25.7. The predicted molar refractivity (Wildman–Crippen MR) is 104 cm³/mol. The Bertz CT molecular complexity index is 1070. The summed E-state index contributed by atoms with van der Waals surface area (Å²) in [7, 11) is 0. The zero-order valence-electron chi connectivity index (χ0n) is 14.7. The molecule has 1 amide bonds. The molecule has 3 aromatic rings. The van der Waals surface area contributed by atoms with Gasteiger partial charge in [0, 0.05) is 12.4 Å². The highest BCUT2D eigenvalue weighted by molar-refractivity contribution is 8.19. The van der Waals surface area contributed by atoms with Gasteiger partial charge < -0.3 is 14.4 Å². The lowest BCUT2D eigenvalue weighted by atomic mass is 10.2. The fourth-order valence-corrected chi connectivity index (χ4v) is 3.52. The van der Waals surface area contributed by atoms with Crippen molar-refractivity contribution < 1.29 is 19.3 Å². The van der Waals surface area contributed by atoms with Crippen molar-refractivity contribution in [3.05, 3.63) is 53.2 Å². The normalized spacial score (nSPS) is 15.6. The Kier molecular flexibility index (Phi) is 4.62. The largest absolute Gasteiger partial charge is 0.504 e. The minimum absolute atomic E-state index is 0.0100. The summed E-state index contributed by atoms with van der Waals surface area (Å²) in [5.74, 6) is 0.393. The number of carbonyl (C=O) groups is 1. The van der Waals surface area contributed by atoms with Gasteiger partial charge in [0.15, 0.2) is 16.7 Å². The van der Waals surface area contributed by atoms with Gasteiger partial charge in [0.2, 0.25) is 11.6 Å². The van der Waals surface area contributed by atoms with Crippen molar-refractivity contribution in [3.8, 4) is 17.3 Å². The molecule has 0 saturated carbocycles. The second kappa shape index (κ2) is 7.24. The van der Waals surface area contributed by atoms with E-state index >= 15 is 0 Å². The number of aromatic nitrogens is 3. The van der Waals surface area contributed by atoms with E-state index in [0.717, 1.165) is 16.7 Å². The number of nitrogens with zero attached hydrogens (tertiary/aromatic N) is 4. The first-order chi connectivity index (χ1) is 13.6. The fourth-order valence-electron chi connectivity index (χ4n) is 2.68. The number of benzene rings is 1. The molecule has 0 spiro atoms. The van der Waals surface area contributed by atoms with Gasteiger partial charge in [0.25, 0.3) is 5.91 Å². The Morgan fingerprint density at radius 2 is 2.04 bits per heavy atom. The smallest absolute Gasteiger partial charge is 0.272 e. The van der Waals surface area contributed by atoms with Crippen molar-refractivity contribution in [2.24, 2.45) is 0 Å². The minimum Gasteiger partial charge on any atom is -0.504 e. The van der Waals surface area contributed by atoms with E-state index in [9.17, 15) is 9.90 Å². The lowest BCUT2D eigenvalue weighted by Crippen LogP contribution is -2.29. The van der Waals surface area contributed by atoms with E-state index in [1.165, 1.54) is 6.07 Å². The summed E-state index contributed by atoms with van der Waals surface area (Å²) < 4.78 is 11.8. The monoisotopic (exact) mass is 397 g/mol. The minimum atomic E-state index is -0.412. The highest BCUT2D eigenvalue weighted by atomic mass is 32.2. The molecule has 4 rings (SSSR count). The Morgan fingerprint density at radius 1 is 1.29 bits per heavy atom. The summed E-state index contributed by atoms with van der Waals surface area (Å²) in [6, 6.07) is 8.39. The molecule has 2 N–H and O–H groups in total. The molecule has 2 aromatic heterocycles. The standard InChI is InChI=1S/C18H15N5O4S/c1-2-26-13-9-11(5-6-12(13)24)10-14-17(25)23(18(19)28-14)16-15(20-27-21-16)22-7-3-4-8-22/h3-10,19,24H,2H2,1H3/b14-10-,19-18?. The highest BCUT2D eigenvalue weighted by Crippen LogP contribution is 2.37. The van der Waals surface area contributed by atoms with Crippen molar-refractivity contribution in [2.75, 3.05) is 11.5 Å². The molecule has 1 fully saturated rings. The number of phenolic OH excluding ortho intramolecular Hbond substituents is 1. The molecule has 0 radical (unpaired) electrons. The Hall–Kier alpha value is -3.53. The van der Waals surface area contributed by atoms with Gasteiger partial charge in [-0.1, -0.05) is 6.07 Å². The summed E-state index contributed by atoms with van der Waals surface area (Å²) in [6.45, 7) is 2.22. The number of carbonyl (C=O) groups excluding carboxylic acids is 1. The molecule has 142 valence electrons. The third-order valence-corrected chi connectivity index (χ3v) is 4.81. The maximum atomic E-state index is 12.9. The first-order valence-electron chi connectivity index (χ1n) is 8.32. The molecular weight excluding hydrogens is 382 g/mol. The zero-order chi connectivity index (χ0) is 19.7. The number of phenols is 1. The third-order valence-electron chi connectivity index (χ3n) is 3.92. The van der Waals surface area contributed by atoms with E-state index in [4.69, 9.17) is 14.8 Å². The van der Waals surface area contributed by atoms with Gasteiger partial charge in [-0.25, -0.2) is 9.53 Å². The number of nitrogens with one attached hydrogen (secondary N) is 1. The van der Waals surface area contributed by atoms with Crippen LogP contribution < -0.4 is 9.64 Å². The van der Waals surface area contributed by atoms with E-state index in [0.29, 0.717) is 28.6 Å². The quantitative estimate of drug-likeness (QED) is 0.635. The number of hydrogen-bond acceptors (Lipinski definition) is 8. The van der Waals surface area contributed by atoms with Crippen LogP contribution in [0.1, 0.15) is 12.5 Å². The van der Waals surface area contributed by atoms with E-state index in [1.54, 1.807) is 47.3 Å². The summed E-state index contributed by atoms with van der Waals surface area (Å²) in [5.41, 5.74) is 0.663.